The number of anilines is 1. The number of benzene rings is 1. The van der Waals surface area contributed by atoms with Gasteiger partial charge in [-0.15, -0.1) is 0 Å². The van der Waals surface area contributed by atoms with Gasteiger partial charge in [-0.25, -0.2) is 4.79 Å². The van der Waals surface area contributed by atoms with Crippen LogP contribution in [0.5, 0.6) is 5.75 Å². The summed E-state index contributed by atoms with van der Waals surface area (Å²) in [5.74, 6) is 1.15. The highest BCUT2D eigenvalue weighted by Crippen LogP contribution is 2.35. The molecule has 2 rings (SSSR count). The van der Waals surface area contributed by atoms with Gasteiger partial charge in [0.1, 0.15) is 11.4 Å². The van der Waals surface area contributed by atoms with Crippen LogP contribution in [0, 0.1) is 0 Å². The Bertz CT molecular complexity index is 509. The van der Waals surface area contributed by atoms with Crippen molar-refractivity contribution < 1.29 is 14.3 Å². The van der Waals surface area contributed by atoms with Gasteiger partial charge in [0.25, 0.3) is 0 Å². The van der Waals surface area contributed by atoms with E-state index < -0.39 is 5.60 Å². The second-order valence-corrected chi connectivity index (χ2v) is 6.22. The lowest BCUT2D eigenvalue weighted by Gasteiger charge is -2.27. The third kappa shape index (κ3) is 4.28. The second-order valence-electron chi connectivity index (χ2n) is 6.22. The first-order chi connectivity index (χ1) is 9.89. The molecule has 1 aromatic rings. The van der Waals surface area contributed by atoms with Crippen molar-refractivity contribution in [2.24, 2.45) is 0 Å². The minimum Gasteiger partial charge on any atom is -0.493 e. The molecule has 0 unspecified atom stereocenters. The number of carbonyl (C=O) groups is 1. The maximum absolute atomic E-state index is 11.7. The summed E-state index contributed by atoms with van der Waals surface area (Å²) in [4.78, 5) is 11.7. The van der Waals surface area contributed by atoms with Crippen LogP contribution >= 0.6 is 0 Å². The molecule has 0 fully saturated rings. The second kappa shape index (κ2) is 6.24. The summed E-state index contributed by atoms with van der Waals surface area (Å²) < 4.78 is 11.0. The van der Waals surface area contributed by atoms with Crippen LogP contribution in [-0.4, -0.2) is 31.9 Å². The number of hydrogen-bond acceptors (Lipinski definition) is 4. The SMILES string of the molecule is CNc1ccc2c(c1)OCC[C@H]2CNC(=O)OC(C)(C)C. The van der Waals surface area contributed by atoms with Gasteiger partial charge in [-0.3, -0.25) is 0 Å². The summed E-state index contributed by atoms with van der Waals surface area (Å²) in [6.45, 7) is 6.80. The molecule has 0 bridgehead atoms. The first kappa shape index (κ1) is 15.5. The van der Waals surface area contributed by atoms with Gasteiger partial charge in [-0.05, 0) is 38.8 Å². The average Bonchev–Trinajstić information content (AvgIpc) is 2.42. The molecule has 0 saturated carbocycles. The third-order valence-corrected chi connectivity index (χ3v) is 3.36. The fourth-order valence-electron chi connectivity index (χ4n) is 2.35. The molecule has 1 aliphatic rings. The zero-order valence-electron chi connectivity index (χ0n) is 13.2. The molecule has 1 aliphatic heterocycles. The highest BCUT2D eigenvalue weighted by molar-refractivity contribution is 5.67. The number of ether oxygens (including phenoxy) is 2. The quantitative estimate of drug-likeness (QED) is 0.898. The molecule has 0 radical (unpaired) electrons. The predicted octanol–water partition coefficient (Wildman–Crippen LogP) is 3.12. The first-order valence-electron chi connectivity index (χ1n) is 7.30. The topological polar surface area (TPSA) is 59.6 Å². The fourth-order valence-corrected chi connectivity index (χ4v) is 2.35. The van der Waals surface area contributed by atoms with Crippen LogP contribution in [0.25, 0.3) is 0 Å². The average molecular weight is 292 g/mol. The van der Waals surface area contributed by atoms with Crippen molar-refractivity contribution in [3.05, 3.63) is 23.8 Å². The summed E-state index contributed by atoms with van der Waals surface area (Å²) in [5.41, 5.74) is 1.69. The molecule has 0 aliphatic carbocycles. The fraction of sp³-hybridized carbons (Fsp3) is 0.562. The van der Waals surface area contributed by atoms with E-state index in [-0.39, 0.29) is 12.0 Å². The summed E-state index contributed by atoms with van der Waals surface area (Å²) in [6, 6.07) is 6.07. The van der Waals surface area contributed by atoms with E-state index in [9.17, 15) is 4.79 Å². The summed E-state index contributed by atoms with van der Waals surface area (Å²) >= 11 is 0. The Hall–Kier alpha value is -1.91. The van der Waals surface area contributed by atoms with Crippen molar-refractivity contribution in [2.75, 3.05) is 25.5 Å². The molecule has 1 heterocycles. The number of fused-ring (bicyclic) bond motifs is 1. The number of nitrogens with one attached hydrogen (secondary N) is 2. The van der Waals surface area contributed by atoms with Crippen molar-refractivity contribution in [3.63, 3.8) is 0 Å². The van der Waals surface area contributed by atoms with Crippen LogP contribution in [0.15, 0.2) is 18.2 Å². The van der Waals surface area contributed by atoms with Gasteiger partial charge in [0, 0.05) is 31.3 Å². The zero-order chi connectivity index (χ0) is 15.5. The molecule has 1 atom stereocenters. The molecule has 2 N–H and O–H groups in total. The standard InChI is InChI=1S/C16H24N2O3/c1-16(2,3)21-15(19)18-10-11-7-8-20-14-9-12(17-4)5-6-13(11)14/h5-6,9,11,17H,7-8,10H2,1-4H3,(H,18,19)/t11-/m0/s1. The molecule has 0 spiro atoms. The van der Waals surface area contributed by atoms with Gasteiger partial charge in [0.2, 0.25) is 0 Å². The Morgan fingerprint density at radius 1 is 1.43 bits per heavy atom. The molecule has 1 amide bonds. The van der Waals surface area contributed by atoms with Crippen molar-refractivity contribution in [3.8, 4) is 5.75 Å². The van der Waals surface area contributed by atoms with Crippen LogP contribution in [0.3, 0.4) is 0 Å². The van der Waals surface area contributed by atoms with Gasteiger partial charge in [-0.1, -0.05) is 6.07 Å². The van der Waals surface area contributed by atoms with Gasteiger partial charge in [0.15, 0.2) is 0 Å². The van der Waals surface area contributed by atoms with Crippen molar-refractivity contribution in [1.82, 2.24) is 5.32 Å². The molecule has 0 aromatic heterocycles. The number of hydrogen-bond donors (Lipinski definition) is 2. The predicted molar refractivity (Wildman–Crippen MR) is 83.1 cm³/mol. The van der Waals surface area contributed by atoms with Crippen LogP contribution < -0.4 is 15.4 Å². The minimum absolute atomic E-state index is 0.257. The van der Waals surface area contributed by atoms with Crippen molar-refractivity contribution >= 4 is 11.8 Å². The highest BCUT2D eigenvalue weighted by Gasteiger charge is 2.23. The van der Waals surface area contributed by atoms with Crippen LogP contribution in [-0.2, 0) is 4.74 Å². The Morgan fingerprint density at radius 2 is 2.19 bits per heavy atom. The van der Waals surface area contributed by atoms with E-state index in [4.69, 9.17) is 9.47 Å². The lowest BCUT2D eigenvalue weighted by Crippen LogP contribution is -2.35. The molecule has 0 saturated heterocycles. The highest BCUT2D eigenvalue weighted by atomic mass is 16.6. The molecule has 5 nitrogen and oxygen atoms in total. The summed E-state index contributed by atoms with van der Waals surface area (Å²) in [6.07, 6.45) is 0.518. The largest absolute Gasteiger partial charge is 0.493 e. The minimum atomic E-state index is -0.473. The van der Waals surface area contributed by atoms with Crippen LogP contribution in [0.1, 0.15) is 38.7 Å². The Labute approximate surface area is 126 Å². The summed E-state index contributed by atoms with van der Waals surface area (Å²) in [7, 11) is 1.88. The Balaban J connectivity index is 1.99. The maximum Gasteiger partial charge on any atom is 0.407 e. The van der Waals surface area contributed by atoms with E-state index in [2.05, 4.69) is 16.7 Å². The maximum atomic E-state index is 11.7. The number of alkyl carbamates (subject to hydrolysis) is 1. The van der Waals surface area contributed by atoms with E-state index >= 15 is 0 Å². The number of carbonyl (C=O) groups excluding carboxylic acids is 1. The van der Waals surface area contributed by atoms with Gasteiger partial charge in [-0.2, -0.15) is 0 Å². The Kier molecular flexibility index (Phi) is 4.60. The van der Waals surface area contributed by atoms with E-state index in [0.717, 1.165) is 23.4 Å². The van der Waals surface area contributed by atoms with E-state index in [1.807, 2.05) is 40.0 Å². The normalized spacial score (nSPS) is 17.4. The third-order valence-electron chi connectivity index (χ3n) is 3.36. The first-order valence-corrected chi connectivity index (χ1v) is 7.30. The zero-order valence-corrected chi connectivity index (χ0v) is 13.2. The molecular formula is C16H24N2O3. The smallest absolute Gasteiger partial charge is 0.407 e. The van der Waals surface area contributed by atoms with Crippen molar-refractivity contribution in [1.29, 1.82) is 0 Å². The molecule has 5 heteroatoms. The van der Waals surface area contributed by atoms with Crippen LogP contribution in [0.2, 0.25) is 0 Å². The molecule has 1 aromatic carbocycles. The molecule has 21 heavy (non-hydrogen) atoms. The van der Waals surface area contributed by atoms with Crippen LogP contribution in [0.4, 0.5) is 10.5 Å². The van der Waals surface area contributed by atoms with E-state index in [0.29, 0.717) is 13.2 Å². The molecule has 116 valence electrons. The monoisotopic (exact) mass is 292 g/mol. The number of rotatable bonds is 3. The van der Waals surface area contributed by atoms with Gasteiger partial charge < -0.3 is 20.1 Å². The number of amides is 1. The van der Waals surface area contributed by atoms with Gasteiger partial charge >= 0.3 is 6.09 Å². The Morgan fingerprint density at radius 3 is 2.86 bits per heavy atom. The lowest BCUT2D eigenvalue weighted by molar-refractivity contribution is 0.0521. The van der Waals surface area contributed by atoms with Gasteiger partial charge in [0.05, 0.1) is 6.61 Å². The lowest BCUT2D eigenvalue weighted by atomic mass is 9.93. The van der Waals surface area contributed by atoms with E-state index in [1.165, 1.54) is 0 Å². The van der Waals surface area contributed by atoms with Crippen molar-refractivity contribution in [2.45, 2.75) is 38.7 Å². The molecular weight excluding hydrogens is 268 g/mol. The van der Waals surface area contributed by atoms with E-state index in [1.54, 1.807) is 0 Å². The summed E-state index contributed by atoms with van der Waals surface area (Å²) in [5, 5.41) is 5.94.